The molecular weight excluding hydrogens is 312 g/mol. The second-order valence-electron chi connectivity index (χ2n) is 6.08. The minimum atomic E-state index is -0.930. The third kappa shape index (κ3) is 3.68. The van der Waals surface area contributed by atoms with Crippen LogP contribution in [0.2, 0.25) is 0 Å². The number of aromatic nitrogens is 2. The molecule has 3 heterocycles. The SMILES string of the molecule is Cc1csc(C(=O)NC[C@@]2(O)CCN(c3cc(C)ncn3)C2)c1. The summed E-state index contributed by atoms with van der Waals surface area (Å²) in [4.78, 5) is 23.1. The van der Waals surface area contributed by atoms with Crippen LogP contribution >= 0.6 is 11.3 Å². The number of carbonyl (C=O) groups is 1. The zero-order valence-corrected chi connectivity index (χ0v) is 14.1. The number of β-amino-alcohol motifs (C(OH)–C–C–N with tert-alkyl or cyclic N) is 1. The summed E-state index contributed by atoms with van der Waals surface area (Å²) in [5.74, 6) is 0.682. The molecule has 2 aromatic heterocycles. The van der Waals surface area contributed by atoms with E-state index < -0.39 is 5.60 Å². The summed E-state index contributed by atoms with van der Waals surface area (Å²) < 4.78 is 0. The third-order valence-corrected chi connectivity index (χ3v) is 5.02. The van der Waals surface area contributed by atoms with Crippen LogP contribution in [0.15, 0.2) is 23.8 Å². The van der Waals surface area contributed by atoms with Crippen molar-refractivity contribution in [1.29, 1.82) is 0 Å². The van der Waals surface area contributed by atoms with E-state index in [2.05, 4.69) is 15.3 Å². The summed E-state index contributed by atoms with van der Waals surface area (Å²) in [6.07, 6.45) is 2.13. The molecular formula is C16H20N4O2S. The topological polar surface area (TPSA) is 78.4 Å². The molecule has 1 aliphatic rings. The van der Waals surface area contributed by atoms with Gasteiger partial charge in [-0.2, -0.15) is 0 Å². The number of amides is 1. The number of anilines is 1. The number of hydrogen-bond acceptors (Lipinski definition) is 6. The number of hydrogen-bond donors (Lipinski definition) is 2. The monoisotopic (exact) mass is 332 g/mol. The van der Waals surface area contributed by atoms with E-state index in [1.54, 1.807) is 0 Å². The van der Waals surface area contributed by atoms with E-state index in [4.69, 9.17) is 0 Å². The van der Waals surface area contributed by atoms with Gasteiger partial charge in [0.2, 0.25) is 0 Å². The van der Waals surface area contributed by atoms with Gasteiger partial charge in [0.25, 0.3) is 5.91 Å². The first-order valence-electron chi connectivity index (χ1n) is 7.54. The first-order valence-corrected chi connectivity index (χ1v) is 8.42. The molecule has 1 atom stereocenters. The molecule has 0 unspecified atom stereocenters. The normalized spacial score (nSPS) is 20.7. The molecule has 1 aliphatic heterocycles. The Kier molecular flexibility index (Phi) is 4.32. The van der Waals surface area contributed by atoms with Crippen LogP contribution in [0.5, 0.6) is 0 Å². The lowest BCUT2D eigenvalue weighted by Crippen LogP contribution is -2.45. The van der Waals surface area contributed by atoms with Crippen LogP contribution in [0.3, 0.4) is 0 Å². The molecule has 0 aliphatic carbocycles. The molecule has 0 radical (unpaired) electrons. The minimum Gasteiger partial charge on any atom is -0.386 e. The molecule has 0 saturated carbocycles. The number of nitrogens with one attached hydrogen (secondary N) is 1. The summed E-state index contributed by atoms with van der Waals surface area (Å²) in [7, 11) is 0. The van der Waals surface area contributed by atoms with E-state index in [9.17, 15) is 9.90 Å². The van der Waals surface area contributed by atoms with Gasteiger partial charge in [0, 0.05) is 31.4 Å². The van der Waals surface area contributed by atoms with E-state index in [1.165, 1.54) is 17.7 Å². The smallest absolute Gasteiger partial charge is 0.261 e. The molecule has 0 aromatic carbocycles. The molecule has 7 heteroatoms. The van der Waals surface area contributed by atoms with Crippen molar-refractivity contribution in [1.82, 2.24) is 15.3 Å². The summed E-state index contributed by atoms with van der Waals surface area (Å²) in [6, 6.07) is 3.76. The number of thiophene rings is 1. The molecule has 1 amide bonds. The van der Waals surface area contributed by atoms with Gasteiger partial charge >= 0.3 is 0 Å². The maximum absolute atomic E-state index is 12.1. The molecule has 2 N–H and O–H groups in total. The highest BCUT2D eigenvalue weighted by Crippen LogP contribution is 2.25. The number of carbonyl (C=O) groups excluding carboxylic acids is 1. The molecule has 1 saturated heterocycles. The molecule has 23 heavy (non-hydrogen) atoms. The van der Waals surface area contributed by atoms with Gasteiger partial charge in [0.05, 0.1) is 4.88 Å². The second-order valence-corrected chi connectivity index (χ2v) is 7.00. The summed E-state index contributed by atoms with van der Waals surface area (Å²) in [5, 5.41) is 15.5. The van der Waals surface area contributed by atoms with Crippen LogP contribution in [0, 0.1) is 13.8 Å². The number of aryl methyl sites for hydroxylation is 2. The molecule has 0 spiro atoms. The van der Waals surface area contributed by atoms with Gasteiger partial charge in [0.15, 0.2) is 0 Å². The van der Waals surface area contributed by atoms with Crippen LogP contribution in [-0.2, 0) is 0 Å². The van der Waals surface area contributed by atoms with Crippen LogP contribution in [0.25, 0.3) is 0 Å². The fourth-order valence-electron chi connectivity index (χ4n) is 2.69. The summed E-state index contributed by atoms with van der Waals surface area (Å²) in [6.45, 7) is 5.27. The Morgan fingerprint density at radius 2 is 2.26 bits per heavy atom. The van der Waals surface area contributed by atoms with E-state index in [-0.39, 0.29) is 12.5 Å². The van der Waals surface area contributed by atoms with Crippen molar-refractivity contribution in [2.75, 3.05) is 24.5 Å². The fourth-order valence-corrected chi connectivity index (χ4v) is 3.51. The highest BCUT2D eigenvalue weighted by Gasteiger charge is 2.37. The highest BCUT2D eigenvalue weighted by molar-refractivity contribution is 7.12. The first kappa shape index (κ1) is 15.9. The maximum Gasteiger partial charge on any atom is 0.261 e. The van der Waals surface area contributed by atoms with Gasteiger partial charge in [-0.3, -0.25) is 4.79 Å². The van der Waals surface area contributed by atoms with Crippen molar-refractivity contribution in [2.24, 2.45) is 0 Å². The number of aliphatic hydroxyl groups is 1. The van der Waals surface area contributed by atoms with Gasteiger partial charge in [-0.1, -0.05) is 0 Å². The molecule has 1 fully saturated rings. The third-order valence-electron chi connectivity index (χ3n) is 3.98. The lowest BCUT2D eigenvalue weighted by Gasteiger charge is -2.24. The Morgan fingerprint density at radius 1 is 1.43 bits per heavy atom. The van der Waals surface area contributed by atoms with Crippen molar-refractivity contribution in [3.05, 3.63) is 40.0 Å². The fraction of sp³-hybridized carbons (Fsp3) is 0.438. The zero-order valence-electron chi connectivity index (χ0n) is 13.2. The van der Waals surface area contributed by atoms with Gasteiger partial charge in [-0.05, 0) is 37.3 Å². The molecule has 3 rings (SSSR count). The van der Waals surface area contributed by atoms with Crippen molar-refractivity contribution in [3.63, 3.8) is 0 Å². The van der Waals surface area contributed by atoms with Crippen molar-refractivity contribution in [2.45, 2.75) is 25.9 Å². The lowest BCUT2D eigenvalue weighted by molar-refractivity contribution is 0.0577. The van der Waals surface area contributed by atoms with E-state index in [1.807, 2.05) is 36.3 Å². The quantitative estimate of drug-likeness (QED) is 0.888. The van der Waals surface area contributed by atoms with Gasteiger partial charge < -0.3 is 15.3 Å². The molecule has 6 nitrogen and oxygen atoms in total. The Labute approximate surface area is 139 Å². The van der Waals surface area contributed by atoms with Crippen LogP contribution < -0.4 is 10.2 Å². The van der Waals surface area contributed by atoms with Crippen LogP contribution in [0.4, 0.5) is 5.82 Å². The zero-order chi connectivity index (χ0) is 16.4. The van der Waals surface area contributed by atoms with E-state index in [0.717, 1.165) is 17.1 Å². The predicted molar refractivity (Wildman–Crippen MR) is 89.9 cm³/mol. The lowest BCUT2D eigenvalue weighted by atomic mass is 10.0. The van der Waals surface area contributed by atoms with E-state index >= 15 is 0 Å². The Hall–Kier alpha value is -1.99. The minimum absolute atomic E-state index is 0.132. The van der Waals surface area contributed by atoms with Crippen LogP contribution in [0.1, 0.15) is 27.3 Å². The first-order chi connectivity index (χ1) is 11.0. The molecule has 2 aromatic rings. The van der Waals surface area contributed by atoms with Gasteiger partial charge in [0.1, 0.15) is 17.7 Å². The van der Waals surface area contributed by atoms with Crippen molar-refractivity contribution >= 4 is 23.1 Å². The Morgan fingerprint density at radius 3 is 2.96 bits per heavy atom. The highest BCUT2D eigenvalue weighted by atomic mass is 32.1. The molecule has 122 valence electrons. The maximum atomic E-state index is 12.1. The van der Waals surface area contributed by atoms with Crippen molar-refractivity contribution in [3.8, 4) is 0 Å². The van der Waals surface area contributed by atoms with E-state index in [0.29, 0.717) is 24.4 Å². The average Bonchev–Trinajstić information content (AvgIpc) is 3.12. The second kappa shape index (κ2) is 6.25. The van der Waals surface area contributed by atoms with Gasteiger partial charge in [-0.25, -0.2) is 9.97 Å². The number of nitrogens with zero attached hydrogens (tertiary/aromatic N) is 3. The number of rotatable bonds is 4. The largest absolute Gasteiger partial charge is 0.386 e. The van der Waals surface area contributed by atoms with Gasteiger partial charge in [-0.15, -0.1) is 11.3 Å². The Balaban J connectivity index is 1.59. The standard InChI is InChI=1S/C16H20N4O2S/c1-11-5-13(23-7-11)15(21)17-8-16(22)3-4-20(9-16)14-6-12(2)18-10-19-14/h5-7,10,22H,3-4,8-9H2,1-2H3,(H,17,21)/t16-/m0/s1. The molecule has 0 bridgehead atoms. The Bertz CT molecular complexity index is 718. The van der Waals surface area contributed by atoms with Crippen molar-refractivity contribution < 1.29 is 9.90 Å². The average molecular weight is 332 g/mol. The summed E-state index contributed by atoms with van der Waals surface area (Å²) in [5.41, 5.74) is 1.04. The summed E-state index contributed by atoms with van der Waals surface area (Å²) >= 11 is 1.42. The predicted octanol–water partition coefficient (Wildman–Crippen LogP) is 1.53. The van der Waals surface area contributed by atoms with Crippen LogP contribution in [-0.4, -0.2) is 46.2 Å².